The van der Waals surface area contributed by atoms with Crippen molar-refractivity contribution in [3.05, 3.63) is 77.9 Å². The lowest BCUT2D eigenvalue weighted by Crippen LogP contribution is -2.26. The number of hydrogen-bond acceptors (Lipinski definition) is 5. The molecule has 0 radical (unpaired) electrons. The van der Waals surface area contributed by atoms with Crippen LogP contribution in [0.2, 0.25) is 0 Å². The summed E-state index contributed by atoms with van der Waals surface area (Å²) in [5.74, 6) is -0.590. The van der Waals surface area contributed by atoms with Gasteiger partial charge in [-0.15, -0.1) is 0 Å². The molecule has 0 aliphatic rings. The number of sulfonamides is 1. The number of carbonyl (C=O) groups is 2. The van der Waals surface area contributed by atoms with E-state index in [2.05, 4.69) is 4.72 Å². The highest BCUT2D eigenvalue weighted by molar-refractivity contribution is 7.89. The number of hydrogen-bond donors (Lipinski definition) is 2. The van der Waals surface area contributed by atoms with E-state index in [1.54, 1.807) is 13.2 Å². The van der Waals surface area contributed by atoms with Gasteiger partial charge in [0.2, 0.25) is 10.0 Å². The zero-order chi connectivity index (χ0) is 22.4. The summed E-state index contributed by atoms with van der Waals surface area (Å²) in [7, 11) is -2.22. The van der Waals surface area contributed by atoms with Crippen LogP contribution in [0.25, 0.3) is 16.8 Å². The summed E-state index contributed by atoms with van der Waals surface area (Å²) in [6, 6.07) is 17.0. The third kappa shape index (κ3) is 5.78. The van der Waals surface area contributed by atoms with E-state index < -0.39 is 16.0 Å². The van der Waals surface area contributed by atoms with E-state index in [1.165, 1.54) is 30.3 Å². The van der Waals surface area contributed by atoms with Crippen molar-refractivity contribution in [2.75, 3.05) is 13.7 Å². The van der Waals surface area contributed by atoms with Gasteiger partial charge in [0.15, 0.2) is 5.78 Å². The van der Waals surface area contributed by atoms with Crippen LogP contribution in [-0.2, 0) is 14.8 Å². The summed E-state index contributed by atoms with van der Waals surface area (Å²) in [5.41, 5.74) is 1.19. The Bertz CT molecular complexity index is 1250. The maximum absolute atomic E-state index is 12.4. The van der Waals surface area contributed by atoms with Gasteiger partial charge in [0.25, 0.3) is 0 Å². The first-order valence-corrected chi connectivity index (χ1v) is 10.9. The first-order chi connectivity index (χ1) is 14.8. The molecule has 0 saturated heterocycles. The molecule has 0 saturated carbocycles. The summed E-state index contributed by atoms with van der Waals surface area (Å²) < 4.78 is 31.7. The third-order valence-corrected chi connectivity index (χ3v) is 6.06. The predicted octanol–water partition coefficient (Wildman–Crippen LogP) is 3.50. The molecule has 0 fully saturated rings. The highest BCUT2D eigenvalue weighted by Crippen LogP contribution is 2.22. The van der Waals surface area contributed by atoms with Gasteiger partial charge >= 0.3 is 5.97 Å². The van der Waals surface area contributed by atoms with Crippen LogP contribution in [0.1, 0.15) is 22.3 Å². The van der Waals surface area contributed by atoms with E-state index in [0.29, 0.717) is 5.56 Å². The standard InChI is InChI=1S/C23H21NO6S/c1-30-20-8-5-18-14-16(2-4-19(18)15-20)3-11-22(25)17-6-9-21(10-7-17)31(28,29)24-13-12-23(26)27/h2-11,14-15,24H,12-13H2,1H3,(H,26,27)/b11-3+. The average molecular weight is 439 g/mol. The Labute approximate surface area is 180 Å². The average Bonchev–Trinajstić information content (AvgIpc) is 2.76. The second kappa shape index (κ2) is 9.55. The third-order valence-electron chi connectivity index (χ3n) is 4.58. The molecule has 0 aromatic heterocycles. The van der Waals surface area contributed by atoms with Crippen molar-refractivity contribution in [1.82, 2.24) is 4.72 Å². The van der Waals surface area contributed by atoms with Crippen LogP contribution in [0, 0.1) is 0 Å². The Balaban J connectivity index is 1.69. The molecule has 160 valence electrons. The molecule has 0 aliphatic carbocycles. The van der Waals surface area contributed by atoms with E-state index in [9.17, 15) is 18.0 Å². The minimum absolute atomic E-state index is 0.0385. The molecular formula is C23H21NO6S. The van der Waals surface area contributed by atoms with Crippen LogP contribution in [-0.4, -0.2) is 38.9 Å². The number of aliphatic carboxylic acids is 1. The van der Waals surface area contributed by atoms with Crippen molar-refractivity contribution in [3.63, 3.8) is 0 Å². The van der Waals surface area contributed by atoms with Gasteiger partial charge in [-0.3, -0.25) is 9.59 Å². The van der Waals surface area contributed by atoms with Crippen LogP contribution < -0.4 is 9.46 Å². The van der Waals surface area contributed by atoms with Gasteiger partial charge in [-0.2, -0.15) is 0 Å². The first-order valence-electron chi connectivity index (χ1n) is 9.40. The van der Waals surface area contributed by atoms with Crippen molar-refractivity contribution >= 4 is 38.6 Å². The monoisotopic (exact) mass is 439 g/mol. The quantitative estimate of drug-likeness (QED) is 0.390. The van der Waals surface area contributed by atoms with Crippen molar-refractivity contribution in [1.29, 1.82) is 0 Å². The molecule has 31 heavy (non-hydrogen) atoms. The van der Waals surface area contributed by atoms with E-state index in [1.807, 2.05) is 36.4 Å². The predicted molar refractivity (Wildman–Crippen MR) is 118 cm³/mol. The second-order valence-electron chi connectivity index (χ2n) is 6.74. The number of rotatable bonds is 9. The minimum Gasteiger partial charge on any atom is -0.497 e. The lowest BCUT2D eigenvalue weighted by atomic mass is 10.1. The number of methoxy groups -OCH3 is 1. The van der Waals surface area contributed by atoms with E-state index in [4.69, 9.17) is 9.84 Å². The van der Waals surface area contributed by atoms with Gasteiger partial charge in [0, 0.05) is 12.1 Å². The number of nitrogens with one attached hydrogen (secondary N) is 1. The molecule has 3 aromatic rings. The van der Waals surface area contributed by atoms with Gasteiger partial charge in [0.1, 0.15) is 5.75 Å². The molecule has 3 aromatic carbocycles. The lowest BCUT2D eigenvalue weighted by molar-refractivity contribution is -0.136. The van der Waals surface area contributed by atoms with Crippen molar-refractivity contribution in [2.45, 2.75) is 11.3 Å². The molecule has 7 nitrogen and oxygen atoms in total. The fraction of sp³-hybridized carbons (Fsp3) is 0.130. The minimum atomic E-state index is -3.83. The molecule has 0 atom stereocenters. The number of ketones is 1. The molecule has 0 unspecified atom stereocenters. The molecule has 0 heterocycles. The Hall–Kier alpha value is -3.49. The van der Waals surface area contributed by atoms with Crippen molar-refractivity contribution in [2.24, 2.45) is 0 Å². The van der Waals surface area contributed by atoms with E-state index >= 15 is 0 Å². The molecule has 0 spiro atoms. The Morgan fingerprint density at radius 3 is 2.35 bits per heavy atom. The Kier molecular flexibility index (Phi) is 6.84. The van der Waals surface area contributed by atoms with Crippen LogP contribution in [0.3, 0.4) is 0 Å². The van der Waals surface area contributed by atoms with Gasteiger partial charge < -0.3 is 9.84 Å². The Morgan fingerprint density at radius 1 is 1.00 bits per heavy atom. The normalized spacial score (nSPS) is 11.6. The maximum atomic E-state index is 12.4. The smallest absolute Gasteiger partial charge is 0.304 e. The number of carboxylic acid groups (broad SMARTS) is 1. The second-order valence-corrected chi connectivity index (χ2v) is 8.50. The number of carbonyl (C=O) groups excluding carboxylic acids is 1. The van der Waals surface area contributed by atoms with E-state index in [0.717, 1.165) is 22.1 Å². The summed E-state index contributed by atoms with van der Waals surface area (Å²) in [6.45, 7) is -0.209. The van der Waals surface area contributed by atoms with Crippen LogP contribution in [0.5, 0.6) is 5.75 Å². The highest BCUT2D eigenvalue weighted by Gasteiger charge is 2.14. The zero-order valence-electron chi connectivity index (χ0n) is 16.7. The van der Waals surface area contributed by atoms with E-state index in [-0.39, 0.29) is 23.6 Å². The fourth-order valence-electron chi connectivity index (χ4n) is 2.92. The molecule has 3 rings (SSSR count). The summed E-state index contributed by atoms with van der Waals surface area (Å²) in [4.78, 5) is 22.9. The van der Waals surface area contributed by atoms with Crippen LogP contribution >= 0.6 is 0 Å². The fourth-order valence-corrected chi connectivity index (χ4v) is 3.95. The first kappa shape index (κ1) is 22.2. The maximum Gasteiger partial charge on any atom is 0.304 e. The highest BCUT2D eigenvalue weighted by atomic mass is 32.2. The molecule has 0 aliphatic heterocycles. The van der Waals surface area contributed by atoms with Crippen molar-refractivity contribution in [3.8, 4) is 5.75 Å². The largest absolute Gasteiger partial charge is 0.497 e. The number of ether oxygens (including phenoxy) is 1. The van der Waals surface area contributed by atoms with Crippen molar-refractivity contribution < 1.29 is 27.9 Å². The van der Waals surface area contributed by atoms with Gasteiger partial charge in [-0.25, -0.2) is 13.1 Å². The zero-order valence-corrected chi connectivity index (χ0v) is 17.6. The molecule has 0 bridgehead atoms. The number of fused-ring (bicyclic) bond motifs is 1. The number of allylic oxidation sites excluding steroid dienone is 1. The lowest BCUT2D eigenvalue weighted by Gasteiger charge is -2.06. The SMILES string of the molecule is COc1ccc2cc(/C=C/C(=O)c3ccc(S(=O)(=O)NCCC(=O)O)cc3)ccc2c1. The van der Waals surface area contributed by atoms with Gasteiger partial charge in [-0.1, -0.05) is 24.3 Å². The van der Waals surface area contributed by atoms with Crippen LogP contribution in [0.15, 0.2) is 71.6 Å². The van der Waals surface area contributed by atoms with Crippen LogP contribution in [0.4, 0.5) is 0 Å². The Morgan fingerprint density at radius 2 is 1.68 bits per heavy atom. The molecule has 2 N–H and O–H groups in total. The summed E-state index contributed by atoms with van der Waals surface area (Å²) >= 11 is 0. The number of carboxylic acids is 1. The van der Waals surface area contributed by atoms with Gasteiger partial charge in [0.05, 0.1) is 18.4 Å². The molecule has 8 heteroatoms. The molecule has 0 amide bonds. The summed E-state index contributed by atoms with van der Waals surface area (Å²) in [6.07, 6.45) is 2.81. The summed E-state index contributed by atoms with van der Waals surface area (Å²) in [5, 5.41) is 10.6. The topological polar surface area (TPSA) is 110 Å². The number of benzene rings is 3. The van der Waals surface area contributed by atoms with Gasteiger partial charge in [-0.05, 0) is 64.9 Å². The molecular weight excluding hydrogens is 418 g/mol.